The number of aryl methyl sites for hydroxylation is 1. The number of nitrogens with zero attached hydrogens (tertiary/aromatic N) is 2. The zero-order valence-electron chi connectivity index (χ0n) is 12.3. The average molecular weight is 309 g/mol. The molecule has 2 heterocycles. The van der Waals surface area contributed by atoms with Gasteiger partial charge < -0.3 is 5.32 Å². The summed E-state index contributed by atoms with van der Waals surface area (Å²) in [5, 5.41) is 3.68. The molecule has 0 atom stereocenters. The van der Waals surface area contributed by atoms with Crippen LogP contribution in [-0.2, 0) is 4.79 Å². The molecule has 0 aliphatic heterocycles. The molecule has 4 nitrogen and oxygen atoms in total. The highest BCUT2D eigenvalue weighted by molar-refractivity contribution is 7.15. The molecular formula is C17H15N3OS. The molecule has 0 bridgehead atoms. The van der Waals surface area contributed by atoms with Gasteiger partial charge in [-0.05, 0) is 31.2 Å². The monoisotopic (exact) mass is 309 g/mol. The third-order valence-electron chi connectivity index (χ3n) is 3.16. The maximum atomic E-state index is 11.1. The fraction of sp³-hybridized carbons (Fsp3) is 0.118. The van der Waals surface area contributed by atoms with Crippen LogP contribution < -0.4 is 5.32 Å². The summed E-state index contributed by atoms with van der Waals surface area (Å²) in [5.74, 6) is -0.0740. The SMILES string of the molecule is CC(=O)Nc1ccc(-c2nc(-c3ccccn3)sc2C)cc1. The molecule has 1 amide bonds. The van der Waals surface area contributed by atoms with E-state index in [-0.39, 0.29) is 5.91 Å². The molecule has 1 N–H and O–H groups in total. The third-order valence-corrected chi connectivity index (χ3v) is 4.15. The Kier molecular flexibility index (Phi) is 3.98. The van der Waals surface area contributed by atoms with Crippen molar-refractivity contribution in [1.29, 1.82) is 0 Å². The van der Waals surface area contributed by atoms with E-state index in [1.807, 2.05) is 42.5 Å². The lowest BCUT2D eigenvalue weighted by Crippen LogP contribution is -2.05. The number of hydrogen-bond donors (Lipinski definition) is 1. The first-order chi connectivity index (χ1) is 10.6. The van der Waals surface area contributed by atoms with Crippen molar-refractivity contribution < 1.29 is 4.79 Å². The van der Waals surface area contributed by atoms with Crippen molar-refractivity contribution in [3.05, 3.63) is 53.5 Å². The molecule has 0 saturated heterocycles. The Morgan fingerprint density at radius 1 is 1.14 bits per heavy atom. The number of hydrogen-bond acceptors (Lipinski definition) is 4. The van der Waals surface area contributed by atoms with Gasteiger partial charge in [0.2, 0.25) is 5.91 Å². The Morgan fingerprint density at radius 3 is 2.55 bits per heavy atom. The van der Waals surface area contributed by atoms with Crippen LogP contribution in [0.4, 0.5) is 5.69 Å². The lowest BCUT2D eigenvalue weighted by molar-refractivity contribution is -0.114. The normalized spacial score (nSPS) is 10.5. The molecule has 0 saturated carbocycles. The summed E-state index contributed by atoms with van der Waals surface area (Å²) in [6, 6.07) is 13.5. The summed E-state index contributed by atoms with van der Waals surface area (Å²) < 4.78 is 0. The molecule has 110 valence electrons. The predicted molar refractivity (Wildman–Crippen MR) is 89.8 cm³/mol. The number of pyridine rings is 1. The summed E-state index contributed by atoms with van der Waals surface area (Å²) in [4.78, 5) is 21.3. The number of anilines is 1. The predicted octanol–water partition coefficient (Wildman–Crippen LogP) is 4.14. The van der Waals surface area contributed by atoms with Crippen molar-refractivity contribution in [3.63, 3.8) is 0 Å². The Morgan fingerprint density at radius 2 is 1.91 bits per heavy atom. The Balaban J connectivity index is 1.92. The number of nitrogens with one attached hydrogen (secondary N) is 1. The molecule has 5 heteroatoms. The van der Waals surface area contributed by atoms with E-state index in [1.54, 1.807) is 17.5 Å². The molecule has 0 spiro atoms. The molecule has 1 aromatic carbocycles. The fourth-order valence-corrected chi connectivity index (χ4v) is 3.09. The molecule has 3 rings (SSSR count). The summed E-state index contributed by atoms with van der Waals surface area (Å²) in [7, 11) is 0. The number of thiazole rings is 1. The minimum Gasteiger partial charge on any atom is -0.326 e. The first kappa shape index (κ1) is 14.4. The minimum absolute atomic E-state index is 0.0740. The second kappa shape index (κ2) is 6.07. The van der Waals surface area contributed by atoms with Gasteiger partial charge >= 0.3 is 0 Å². The highest BCUT2D eigenvalue weighted by Crippen LogP contribution is 2.32. The van der Waals surface area contributed by atoms with Crippen LogP contribution in [0.3, 0.4) is 0 Å². The van der Waals surface area contributed by atoms with Crippen molar-refractivity contribution in [2.24, 2.45) is 0 Å². The van der Waals surface area contributed by atoms with E-state index in [0.717, 1.165) is 32.5 Å². The van der Waals surface area contributed by atoms with Crippen LogP contribution in [0.25, 0.3) is 22.0 Å². The summed E-state index contributed by atoms with van der Waals surface area (Å²) >= 11 is 1.63. The van der Waals surface area contributed by atoms with Gasteiger partial charge in [0, 0.05) is 29.2 Å². The number of benzene rings is 1. The summed E-state index contributed by atoms with van der Waals surface area (Å²) in [6.07, 6.45) is 1.77. The van der Waals surface area contributed by atoms with Crippen molar-refractivity contribution in [2.45, 2.75) is 13.8 Å². The Labute approximate surface area is 132 Å². The van der Waals surface area contributed by atoms with Crippen LogP contribution in [0.1, 0.15) is 11.8 Å². The van der Waals surface area contributed by atoms with Crippen molar-refractivity contribution in [1.82, 2.24) is 9.97 Å². The number of carbonyl (C=O) groups excluding carboxylic acids is 1. The van der Waals surface area contributed by atoms with E-state index < -0.39 is 0 Å². The highest BCUT2D eigenvalue weighted by Gasteiger charge is 2.12. The van der Waals surface area contributed by atoms with Crippen molar-refractivity contribution >= 4 is 22.9 Å². The molecule has 0 radical (unpaired) electrons. The maximum Gasteiger partial charge on any atom is 0.221 e. The van der Waals surface area contributed by atoms with Gasteiger partial charge in [0.1, 0.15) is 5.01 Å². The number of amides is 1. The smallest absolute Gasteiger partial charge is 0.221 e. The standard InChI is InChI=1S/C17H15N3OS/c1-11-16(13-6-8-14(9-7-13)19-12(2)21)20-17(22-11)15-5-3-4-10-18-15/h3-10H,1-2H3,(H,19,21). The second-order valence-electron chi connectivity index (χ2n) is 4.90. The topological polar surface area (TPSA) is 54.9 Å². The van der Waals surface area contributed by atoms with E-state index in [0.29, 0.717) is 0 Å². The fourth-order valence-electron chi connectivity index (χ4n) is 2.18. The molecule has 0 aliphatic carbocycles. The quantitative estimate of drug-likeness (QED) is 0.791. The lowest BCUT2D eigenvalue weighted by atomic mass is 10.1. The maximum absolute atomic E-state index is 11.1. The highest BCUT2D eigenvalue weighted by atomic mass is 32.1. The van der Waals surface area contributed by atoms with Gasteiger partial charge in [0.25, 0.3) is 0 Å². The summed E-state index contributed by atoms with van der Waals surface area (Å²) in [5.41, 5.74) is 3.66. The van der Waals surface area contributed by atoms with Crippen LogP contribution in [-0.4, -0.2) is 15.9 Å². The van der Waals surface area contributed by atoms with Crippen molar-refractivity contribution in [2.75, 3.05) is 5.32 Å². The minimum atomic E-state index is -0.0740. The zero-order chi connectivity index (χ0) is 15.5. The third kappa shape index (κ3) is 3.04. The van der Waals surface area contributed by atoms with E-state index >= 15 is 0 Å². The van der Waals surface area contributed by atoms with Crippen LogP contribution in [0.15, 0.2) is 48.7 Å². The van der Waals surface area contributed by atoms with Gasteiger partial charge in [-0.3, -0.25) is 9.78 Å². The van der Waals surface area contributed by atoms with E-state index in [2.05, 4.69) is 17.2 Å². The number of aromatic nitrogens is 2. The number of carbonyl (C=O) groups is 1. The zero-order valence-corrected chi connectivity index (χ0v) is 13.1. The van der Waals surface area contributed by atoms with Crippen LogP contribution in [0.5, 0.6) is 0 Å². The van der Waals surface area contributed by atoms with Crippen molar-refractivity contribution in [3.8, 4) is 22.0 Å². The first-order valence-electron chi connectivity index (χ1n) is 6.90. The molecular weight excluding hydrogens is 294 g/mol. The molecule has 0 fully saturated rings. The van der Waals surface area contributed by atoms with E-state index in [9.17, 15) is 4.79 Å². The first-order valence-corrected chi connectivity index (χ1v) is 7.72. The van der Waals surface area contributed by atoms with Gasteiger partial charge in [-0.2, -0.15) is 0 Å². The van der Waals surface area contributed by atoms with E-state index in [1.165, 1.54) is 6.92 Å². The molecule has 22 heavy (non-hydrogen) atoms. The van der Waals surface area contributed by atoms with Gasteiger partial charge in [0.15, 0.2) is 0 Å². The molecule has 0 unspecified atom stereocenters. The molecule has 3 aromatic rings. The van der Waals surface area contributed by atoms with Crippen LogP contribution >= 0.6 is 11.3 Å². The van der Waals surface area contributed by atoms with Crippen LogP contribution in [0, 0.1) is 6.92 Å². The Hall–Kier alpha value is -2.53. The summed E-state index contributed by atoms with van der Waals surface area (Å²) in [6.45, 7) is 3.55. The van der Waals surface area contributed by atoms with E-state index in [4.69, 9.17) is 4.98 Å². The van der Waals surface area contributed by atoms with Gasteiger partial charge in [0.05, 0.1) is 11.4 Å². The van der Waals surface area contributed by atoms with Gasteiger partial charge in [-0.25, -0.2) is 4.98 Å². The molecule has 2 aromatic heterocycles. The lowest BCUT2D eigenvalue weighted by Gasteiger charge is -2.03. The van der Waals surface area contributed by atoms with Gasteiger partial charge in [-0.1, -0.05) is 18.2 Å². The second-order valence-corrected chi connectivity index (χ2v) is 6.10. The Bertz CT molecular complexity index is 795. The largest absolute Gasteiger partial charge is 0.326 e. The number of rotatable bonds is 3. The van der Waals surface area contributed by atoms with Gasteiger partial charge in [-0.15, -0.1) is 11.3 Å². The van der Waals surface area contributed by atoms with Crippen LogP contribution in [0.2, 0.25) is 0 Å². The molecule has 0 aliphatic rings. The average Bonchev–Trinajstić information content (AvgIpc) is 2.90.